The summed E-state index contributed by atoms with van der Waals surface area (Å²) in [4.78, 5) is 5.78. The van der Waals surface area contributed by atoms with Crippen molar-refractivity contribution in [3.63, 3.8) is 0 Å². The Balaban J connectivity index is 1.16. The number of aryl methyl sites for hydroxylation is 1. The standard InChI is InChI=1S/C41H32N2O3S5/c44-51(45,46)34-19-17-33(18-20-34)48-25-23-42-36-27-31(29-9-3-1-4-10-29)16-21-37(36)49-39(42)28-40-43(24-26-47-32-12-5-2-6-13-32)41-35-14-8-7-11-30(35)15-22-38(41)50-40/h1-22,27-28H,23-26H2/p+1. The second-order valence-electron chi connectivity index (χ2n) is 12.0. The van der Waals surface area contributed by atoms with Crippen LogP contribution in [0.2, 0.25) is 0 Å². The van der Waals surface area contributed by atoms with Crippen molar-refractivity contribution in [2.24, 2.45) is 0 Å². The first-order valence-electron chi connectivity index (χ1n) is 16.5. The first-order valence-corrected chi connectivity index (χ1v) is 21.5. The lowest BCUT2D eigenvalue weighted by Gasteiger charge is -2.20. The Labute approximate surface area is 314 Å². The molecule has 0 bridgehead atoms. The number of aromatic nitrogens is 1. The first kappa shape index (κ1) is 34.1. The van der Waals surface area contributed by atoms with Gasteiger partial charge in [0.05, 0.1) is 32.8 Å². The second-order valence-corrected chi connectivity index (χ2v) is 17.8. The molecular formula is C41H33N2O3S5+. The number of rotatable bonds is 11. The monoisotopic (exact) mass is 761 g/mol. The van der Waals surface area contributed by atoms with Gasteiger partial charge in [-0.05, 0) is 77.2 Å². The number of hydrogen-bond acceptors (Lipinski definition) is 7. The zero-order valence-electron chi connectivity index (χ0n) is 27.4. The summed E-state index contributed by atoms with van der Waals surface area (Å²) in [7, 11) is -4.23. The molecule has 7 aromatic rings. The summed E-state index contributed by atoms with van der Waals surface area (Å²) < 4.78 is 36.3. The number of benzene rings is 6. The maximum Gasteiger partial charge on any atom is 0.294 e. The van der Waals surface area contributed by atoms with Gasteiger partial charge in [0.15, 0.2) is 6.54 Å². The Morgan fingerprint density at radius 3 is 2.22 bits per heavy atom. The van der Waals surface area contributed by atoms with E-state index in [-0.39, 0.29) is 4.90 Å². The van der Waals surface area contributed by atoms with Crippen molar-refractivity contribution in [2.75, 3.05) is 23.0 Å². The van der Waals surface area contributed by atoms with Gasteiger partial charge in [0.25, 0.3) is 15.1 Å². The Morgan fingerprint density at radius 1 is 0.725 bits per heavy atom. The lowest BCUT2D eigenvalue weighted by atomic mass is 10.0. The Hall–Kier alpha value is -4.03. The fourth-order valence-electron chi connectivity index (χ4n) is 6.29. The number of thiazole rings is 1. The third-order valence-corrected chi connectivity index (χ3v) is 13.8. The molecule has 0 fully saturated rings. The molecule has 0 spiro atoms. The van der Waals surface area contributed by atoms with Crippen molar-refractivity contribution in [3.8, 4) is 11.1 Å². The lowest BCUT2D eigenvalue weighted by Crippen LogP contribution is -2.36. The van der Waals surface area contributed by atoms with E-state index >= 15 is 0 Å². The number of thioether (sulfide) groups is 3. The molecule has 2 heterocycles. The second kappa shape index (κ2) is 14.9. The van der Waals surface area contributed by atoms with E-state index in [1.165, 1.54) is 69.8 Å². The Bertz CT molecular complexity index is 2480. The average Bonchev–Trinajstić information content (AvgIpc) is 3.69. The van der Waals surface area contributed by atoms with Crippen LogP contribution in [-0.4, -0.2) is 31.0 Å². The maximum atomic E-state index is 11.6. The average molecular weight is 762 g/mol. The van der Waals surface area contributed by atoms with E-state index in [4.69, 9.17) is 0 Å². The van der Waals surface area contributed by atoms with E-state index in [0.717, 1.165) is 29.5 Å². The molecule has 0 aliphatic carbocycles. The first-order chi connectivity index (χ1) is 24.9. The van der Waals surface area contributed by atoms with Crippen LogP contribution in [0.15, 0.2) is 164 Å². The molecule has 6 aromatic carbocycles. The molecule has 0 amide bonds. The van der Waals surface area contributed by atoms with Crippen molar-refractivity contribution in [1.82, 2.24) is 0 Å². The summed E-state index contributed by atoms with van der Waals surface area (Å²) in [5.74, 6) is 1.73. The molecular weight excluding hydrogens is 729 g/mol. The molecule has 0 atom stereocenters. The van der Waals surface area contributed by atoms with Crippen molar-refractivity contribution in [3.05, 3.63) is 150 Å². The van der Waals surface area contributed by atoms with Gasteiger partial charge in [-0.15, -0.1) is 23.5 Å². The summed E-state index contributed by atoms with van der Waals surface area (Å²) >= 11 is 7.20. The Kier molecular flexibility index (Phi) is 9.96. The van der Waals surface area contributed by atoms with E-state index in [9.17, 15) is 13.0 Å². The predicted octanol–water partition coefficient (Wildman–Crippen LogP) is 10.8. The minimum Gasteiger partial charge on any atom is -0.334 e. The SMILES string of the molecule is O=S(=O)(O)c1ccc(SCCN2C(=Cc3sc4ccc5ccccc5c4[n+]3CCSc3ccccc3)Sc3ccc(-c4ccccc4)cc32)cc1. The molecule has 8 rings (SSSR count). The number of nitrogens with zero attached hydrogens (tertiary/aromatic N) is 2. The maximum absolute atomic E-state index is 11.6. The van der Waals surface area contributed by atoms with Crippen LogP contribution in [0, 0.1) is 0 Å². The highest BCUT2D eigenvalue weighted by Crippen LogP contribution is 2.48. The molecule has 254 valence electrons. The van der Waals surface area contributed by atoms with Gasteiger partial charge in [0.1, 0.15) is 4.70 Å². The molecule has 1 aliphatic rings. The molecule has 1 aliphatic heterocycles. The van der Waals surface area contributed by atoms with Crippen LogP contribution in [0.25, 0.3) is 38.2 Å². The van der Waals surface area contributed by atoms with E-state index in [2.05, 4.69) is 125 Å². The van der Waals surface area contributed by atoms with Gasteiger partial charge in [-0.3, -0.25) is 4.55 Å². The van der Waals surface area contributed by atoms with Crippen LogP contribution >= 0.6 is 46.6 Å². The summed E-state index contributed by atoms with van der Waals surface area (Å²) in [5.41, 5.74) is 4.82. The fraction of sp³-hybridized carbons (Fsp3) is 0.0976. The highest BCUT2D eigenvalue weighted by molar-refractivity contribution is 8.04. The van der Waals surface area contributed by atoms with Crippen LogP contribution in [0.4, 0.5) is 5.69 Å². The minimum absolute atomic E-state index is 0.0954. The third-order valence-electron chi connectivity index (χ3n) is 8.73. The summed E-state index contributed by atoms with van der Waals surface area (Å²) in [6, 6.07) is 47.4. The van der Waals surface area contributed by atoms with Crippen molar-refractivity contribution in [1.29, 1.82) is 0 Å². The van der Waals surface area contributed by atoms with Crippen LogP contribution in [-0.2, 0) is 16.7 Å². The molecule has 0 saturated carbocycles. The van der Waals surface area contributed by atoms with E-state index in [1.54, 1.807) is 23.9 Å². The number of fused-ring (bicyclic) bond motifs is 4. The van der Waals surface area contributed by atoms with Gasteiger partial charge in [-0.25, -0.2) is 0 Å². The van der Waals surface area contributed by atoms with Crippen molar-refractivity contribution < 1.29 is 17.5 Å². The molecule has 1 aromatic heterocycles. The topological polar surface area (TPSA) is 61.5 Å². The molecule has 0 unspecified atom stereocenters. The predicted molar refractivity (Wildman–Crippen MR) is 217 cm³/mol. The van der Waals surface area contributed by atoms with Gasteiger partial charge >= 0.3 is 0 Å². The van der Waals surface area contributed by atoms with Gasteiger partial charge < -0.3 is 4.90 Å². The van der Waals surface area contributed by atoms with Crippen LogP contribution in [0.5, 0.6) is 0 Å². The number of hydrogen-bond donors (Lipinski definition) is 1. The Morgan fingerprint density at radius 2 is 1.43 bits per heavy atom. The van der Waals surface area contributed by atoms with E-state index in [0.29, 0.717) is 0 Å². The van der Waals surface area contributed by atoms with Crippen LogP contribution in [0.1, 0.15) is 5.01 Å². The van der Waals surface area contributed by atoms with Crippen molar-refractivity contribution in [2.45, 2.75) is 26.1 Å². The molecule has 5 nitrogen and oxygen atoms in total. The summed E-state index contributed by atoms with van der Waals surface area (Å²) in [6.07, 6.45) is 2.37. The molecule has 1 N–H and O–H groups in total. The zero-order chi connectivity index (χ0) is 34.8. The van der Waals surface area contributed by atoms with E-state index in [1.807, 2.05) is 40.9 Å². The third kappa shape index (κ3) is 7.48. The smallest absolute Gasteiger partial charge is 0.294 e. The van der Waals surface area contributed by atoms with E-state index < -0.39 is 10.1 Å². The molecule has 51 heavy (non-hydrogen) atoms. The molecule has 10 heteroatoms. The number of anilines is 1. The van der Waals surface area contributed by atoms with Crippen molar-refractivity contribution >= 4 is 89.5 Å². The highest BCUT2D eigenvalue weighted by atomic mass is 32.2. The van der Waals surface area contributed by atoms with Gasteiger partial charge in [0, 0.05) is 27.0 Å². The largest absolute Gasteiger partial charge is 0.334 e. The van der Waals surface area contributed by atoms with Gasteiger partial charge in [-0.1, -0.05) is 102 Å². The minimum atomic E-state index is -4.23. The normalized spacial score (nSPS) is 13.7. The lowest BCUT2D eigenvalue weighted by molar-refractivity contribution is -0.663. The van der Waals surface area contributed by atoms with Crippen LogP contribution in [0.3, 0.4) is 0 Å². The zero-order valence-corrected chi connectivity index (χ0v) is 31.5. The van der Waals surface area contributed by atoms with Crippen LogP contribution < -0.4 is 9.47 Å². The quantitative estimate of drug-likeness (QED) is 0.0800. The van der Waals surface area contributed by atoms with Gasteiger partial charge in [-0.2, -0.15) is 13.0 Å². The molecule has 0 saturated heterocycles. The highest BCUT2D eigenvalue weighted by Gasteiger charge is 2.29. The summed E-state index contributed by atoms with van der Waals surface area (Å²) in [6.45, 7) is 1.63. The summed E-state index contributed by atoms with van der Waals surface area (Å²) in [5, 5.41) is 4.90. The molecule has 0 radical (unpaired) electrons. The van der Waals surface area contributed by atoms with Gasteiger partial charge in [0.2, 0.25) is 5.52 Å². The fourth-order valence-corrected chi connectivity index (χ4v) is 10.8.